The van der Waals surface area contributed by atoms with Gasteiger partial charge in [-0.05, 0) is 74.5 Å². The van der Waals surface area contributed by atoms with Crippen LogP contribution in [0.4, 0.5) is 5.69 Å². The summed E-state index contributed by atoms with van der Waals surface area (Å²) in [6.07, 6.45) is 3.05. The maximum atomic E-state index is 13.2. The predicted octanol–water partition coefficient (Wildman–Crippen LogP) is 4.11. The van der Waals surface area contributed by atoms with Crippen LogP contribution in [-0.4, -0.2) is 41.3 Å². The van der Waals surface area contributed by atoms with Crippen molar-refractivity contribution in [2.24, 2.45) is 5.92 Å². The molecule has 6 heteroatoms. The highest BCUT2D eigenvalue weighted by Gasteiger charge is 2.28. The highest BCUT2D eigenvalue weighted by Crippen LogP contribution is 2.24. The van der Waals surface area contributed by atoms with Crippen LogP contribution in [0, 0.1) is 5.92 Å². The van der Waals surface area contributed by atoms with Crippen LogP contribution >= 0.6 is 0 Å². The summed E-state index contributed by atoms with van der Waals surface area (Å²) in [6, 6.07) is 19.7. The molecule has 1 saturated heterocycles. The largest absolute Gasteiger partial charge is 0.508 e. The Labute approximate surface area is 181 Å². The standard InChI is InChI=1S/C25H26N2O4/c28-22-10-8-19(9-11-22)25(30)20-12-14-26(15-13-20)18-24(29)27(17-23-7-4-16-31-23)21-5-2-1-3-6-21/h1-11,16,20,28H,12-15,17-18H2. The van der Waals surface area contributed by atoms with E-state index in [4.69, 9.17) is 4.42 Å². The summed E-state index contributed by atoms with van der Waals surface area (Å²) >= 11 is 0. The fraction of sp³-hybridized carbons (Fsp3) is 0.280. The van der Waals surface area contributed by atoms with Gasteiger partial charge < -0.3 is 14.4 Å². The second-order valence-corrected chi connectivity index (χ2v) is 7.86. The van der Waals surface area contributed by atoms with Crippen molar-refractivity contribution in [1.29, 1.82) is 0 Å². The Morgan fingerprint density at radius 2 is 1.68 bits per heavy atom. The van der Waals surface area contributed by atoms with Crippen LogP contribution in [-0.2, 0) is 11.3 Å². The summed E-state index contributed by atoms with van der Waals surface area (Å²) in [4.78, 5) is 29.7. The molecule has 1 aromatic heterocycles. The first kappa shape index (κ1) is 20.9. The van der Waals surface area contributed by atoms with Gasteiger partial charge in [-0.25, -0.2) is 0 Å². The molecule has 1 amide bonds. The predicted molar refractivity (Wildman–Crippen MR) is 118 cm³/mol. The summed E-state index contributed by atoms with van der Waals surface area (Å²) in [7, 11) is 0. The first-order chi connectivity index (χ1) is 15.1. The van der Waals surface area contributed by atoms with E-state index in [1.165, 1.54) is 12.1 Å². The number of rotatable bonds is 7. The third kappa shape index (κ3) is 5.22. The van der Waals surface area contributed by atoms with Gasteiger partial charge in [0, 0.05) is 17.2 Å². The van der Waals surface area contributed by atoms with Gasteiger partial charge in [0.1, 0.15) is 11.5 Å². The molecule has 1 aliphatic rings. The SMILES string of the molecule is O=C(c1ccc(O)cc1)C1CCN(CC(=O)N(Cc2ccco2)c2ccccc2)CC1. The molecule has 0 unspecified atom stereocenters. The minimum Gasteiger partial charge on any atom is -0.508 e. The maximum Gasteiger partial charge on any atom is 0.241 e. The number of carbonyl (C=O) groups is 2. The minimum absolute atomic E-state index is 0.00547. The van der Waals surface area contributed by atoms with Crippen LogP contribution in [0.1, 0.15) is 29.0 Å². The van der Waals surface area contributed by atoms with Crippen LogP contribution in [0.2, 0.25) is 0 Å². The first-order valence-corrected chi connectivity index (χ1v) is 10.5. The Bertz CT molecular complexity index is 992. The van der Waals surface area contributed by atoms with Crippen LogP contribution in [0.5, 0.6) is 5.75 Å². The number of phenols is 1. The normalized spacial score (nSPS) is 15.0. The molecule has 2 aromatic carbocycles. The number of Topliss-reactive ketones (excluding diaryl/α,β-unsaturated/α-hetero) is 1. The van der Waals surface area contributed by atoms with Gasteiger partial charge >= 0.3 is 0 Å². The number of aromatic hydroxyl groups is 1. The third-order valence-corrected chi connectivity index (χ3v) is 5.73. The van der Waals surface area contributed by atoms with Crippen LogP contribution in [0.3, 0.4) is 0 Å². The highest BCUT2D eigenvalue weighted by atomic mass is 16.3. The molecular weight excluding hydrogens is 392 g/mol. The zero-order valence-electron chi connectivity index (χ0n) is 17.3. The number of phenolic OH excluding ortho intramolecular Hbond substituents is 1. The van der Waals surface area contributed by atoms with E-state index >= 15 is 0 Å². The summed E-state index contributed by atoms with van der Waals surface area (Å²) < 4.78 is 5.45. The van der Waals surface area contributed by atoms with Crippen LogP contribution < -0.4 is 4.90 Å². The van der Waals surface area contributed by atoms with E-state index in [1.54, 1.807) is 23.3 Å². The molecule has 1 fully saturated rings. The number of likely N-dealkylation sites (tertiary alicyclic amines) is 1. The summed E-state index contributed by atoms with van der Waals surface area (Å²) in [5.74, 6) is 0.947. The molecule has 160 valence electrons. The molecule has 2 heterocycles. The number of anilines is 1. The molecule has 31 heavy (non-hydrogen) atoms. The van der Waals surface area contributed by atoms with Crippen molar-refractivity contribution in [3.8, 4) is 5.75 Å². The number of benzene rings is 2. The quantitative estimate of drug-likeness (QED) is 0.585. The molecule has 0 atom stereocenters. The summed E-state index contributed by atoms with van der Waals surface area (Å²) in [5, 5.41) is 9.42. The summed E-state index contributed by atoms with van der Waals surface area (Å²) in [5.41, 5.74) is 1.46. The van der Waals surface area contributed by atoms with Crippen molar-refractivity contribution in [1.82, 2.24) is 4.90 Å². The van der Waals surface area contributed by atoms with Crippen LogP contribution in [0.15, 0.2) is 77.4 Å². The van der Waals surface area contributed by atoms with Crippen molar-refractivity contribution < 1.29 is 19.1 Å². The first-order valence-electron chi connectivity index (χ1n) is 10.5. The average molecular weight is 418 g/mol. The molecule has 3 aromatic rings. The van der Waals surface area contributed by atoms with E-state index in [0.29, 0.717) is 31.7 Å². The van der Waals surface area contributed by atoms with Gasteiger partial charge in [0.05, 0.1) is 19.4 Å². The molecule has 1 N–H and O–H groups in total. The Balaban J connectivity index is 1.36. The van der Waals surface area contributed by atoms with Crippen molar-refractivity contribution >= 4 is 17.4 Å². The van der Waals surface area contributed by atoms with Gasteiger partial charge in [-0.15, -0.1) is 0 Å². The zero-order valence-corrected chi connectivity index (χ0v) is 17.3. The number of carbonyl (C=O) groups excluding carboxylic acids is 2. The van der Waals surface area contributed by atoms with Crippen molar-refractivity contribution in [3.63, 3.8) is 0 Å². The monoisotopic (exact) mass is 418 g/mol. The Morgan fingerprint density at radius 1 is 0.968 bits per heavy atom. The molecule has 6 nitrogen and oxygen atoms in total. The number of amides is 1. The fourth-order valence-electron chi connectivity index (χ4n) is 3.98. The van der Waals surface area contributed by atoms with Crippen molar-refractivity contribution in [2.75, 3.05) is 24.5 Å². The van der Waals surface area contributed by atoms with Crippen LogP contribution in [0.25, 0.3) is 0 Å². The third-order valence-electron chi connectivity index (χ3n) is 5.73. The van der Waals surface area contributed by atoms with E-state index in [-0.39, 0.29) is 23.4 Å². The number of hydrogen-bond donors (Lipinski definition) is 1. The molecule has 1 aliphatic heterocycles. The second-order valence-electron chi connectivity index (χ2n) is 7.86. The van der Waals surface area contributed by atoms with E-state index < -0.39 is 0 Å². The van der Waals surface area contributed by atoms with Gasteiger partial charge in [0.25, 0.3) is 0 Å². The highest BCUT2D eigenvalue weighted by molar-refractivity contribution is 5.98. The molecule has 0 bridgehead atoms. The number of piperidine rings is 1. The number of hydrogen-bond acceptors (Lipinski definition) is 5. The average Bonchev–Trinajstić information content (AvgIpc) is 3.32. The maximum absolute atomic E-state index is 13.2. The Kier molecular flexibility index (Phi) is 6.48. The molecule has 0 spiro atoms. The lowest BCUT2D eigenvalue weighted by molar-refractivity contribution is -0.120. The Morgan fingerprint density at radius 3 is 2.32 bits per heavy atom. The minimum atomic E-state index is -0.0516. The molecule has 0 radical (unpaired) electrons. The van der Waals surface area contributed by atoms with E-state index in [1.807, 2.05) is 42.5 Å². The number of nitrogens with zero attached hydrogens (tertiary/aromatic N) is 2. The van der Waals surface area contributed by atoms with Gasteiger partial charge in [-0.2, -0.15) is 0 Å². The summed E-state index contributed by atoms with van der Waals surface area (Å²) in [6.45, 7) is 2.08. The topological polar surface area (TPSA) is 74.0 Å². The molecule has 0 aliphatic carbocycles. The Hall–Kier alpha value is -3.38. The fourth-order valence-corrected chi connectivity index (χ4v) is 3.98. The molecule has 0 saturated carbocycles. The smallest absolute Gasteiger partial charge is 0.241 e. The van der Waals surface area contributed by atoms with Crippen molar-refractivity contribution in [3.05, 3.63) is 84.3 Å². The van der Waals surface area contributed by atoms with E-state index in [0.717, 1.165) is 24.3 Å². The lowest BCUT2D eigenvalue weighted by Crippen LogP contribution is -2.44. The number of ketones is 1. The molecular formula is C25H26N2O4. The lowest BCUT2D eigenvalue weighted by Gasteiger charge is -2.32. The van der Waals surface area contributed by atoms with Crippen molar-refractivity contribution in [2.45, 2.75) is 19.4 Å². The van der Waals surface area contributed by atoms with E-state index in [2.05, 4.69) is 4.90 Å². The number of furan rings is 1. The van der Waals surface area contributed by atoms with Gasteiger partial charge in [-0.3, -0.25) is 14.5 Å². The zero-order chi connectivity index (χ0) is 21.6. The second kappa shape index (κ2) is 9.62. The molecule has 4 rings (SSSR count). The van der Waals surface area contributed by atoms with Gasteiger partial charge in [0.15, 0.2) is 5.78 Å². The van der Waals surface area contributed by atoms with Gasteiger partial charge in [0.2, 0.25) is 5.91 Å². The van der Waals surface area contributed by atoms with E-state index in [9.17, 15) is 14.7 Å². The van der Waals surface area contributed by atoms with Gasteiger partial charge in [-0.1, -0.05) is 18.2 Å². The lowest BCUT2D eigenvalue weighted by atomic mass is 9.89. The number of para-hydroxylation sites is 1.